The van der Waals surface area contributed by atoms with Crippen molar-refractivity contribution in [3.63, 3.8) is 0 Å². The number of carbonyl (C=O) groups excluding carboxylic acids is 1. The molecule has 2 aliphatic heterocycles. The third kappa shape index (κ3) is 2.67. The topological polar surface area (TPSA) is 29.5 Å². The molecular formula is C19H27NO2. The van der Waals surface area contributed by atoms with E-state index in [9.17, 15) is 4.79 Å². The van der Waals surface area contributed by atoms with Gasteiger partial charge >= 0.3 is 5.97 Å². The van der Waals surface area contributed by atoms with Crippen LogP contribution in [0.3, 0.4) is 0 Å². The first-order valence-electron chi connectivity index (χ1n) is 8.54. The summed E-state index contributed by atoms with van der Waals surface area (Å²) < 4.78 is 5.14. The number of benzene rings is 1. The SMILES string of the molecule is CCCc1ccc([C@H]2CC3CC[C@H](C2C(=O)OC)N3C)cc1. The number of carbonyl (C=O) groups is 1. The van der Waals surface area contributed by atoms with Crippen LogP contribution in [0.1, 0.15) is 49.7 Å². The van der Waals surface area contributed by atoms with Crippen LogP contribution in [0, 0.1) is 5.92 Å². The molecule has 0 aromatic heterocycles. The molecule has 2 heterocycles. The molecule has 4 atom stereocenters. The highest BCUT2D eigenvalue weighted by molar-refractivity contribution is 5.75. The monoisotopic (exact) mass is 301 g/mol. The summed E-state index contributed by atoms with van der Waals surface area (Å²) in [7, 11) is 3.68. The van der Waals surface area contributed by atoms with Gasteiger partial charge in [-0.3, -0.25) is 9.69 Å². The predicted molar refractivity (Wildman–Crippen MR) is 87.9 cm³/mol. The Balaban J connectivity index is 1.88. The van der Waals surface area contributed by atoms with E-state index in [2.05, 4.69) is 43.1 Å². The second-order valence-electron chi connectivity index (χ2n) is 6.85. The summed E-state index contributed by atoms with van der Waals surface area (Å²) in [5.41, 5.74) is 2.69. The average Bonchev–Trinajstić information content (AvgIpc) is 2.77. The number of ether oxygens (including phenoxy) is 1. The molecule has 2 bridgehead atoms. The Morgan fingerprint density at radius 3 is 2.64 bits per heavy atom. The minimum atomic E-state index is -0.0418. The van der Waals surface area contributed by atoms with Gasteiger partial charge in [0.05, 0.1) is 13.0 Å². The molecule has 2 fully saturated rings. The molecule has 1 aromatic rings. The molecular weight excluding hydrogens is 274 g/mol. The highest BCUT2D eigenvalue weighted by atomic mass is 16.5. The van der Waals surface area contributed by atoms with Crippen LogP contribution in [0.25, 0.3) is 0 Å². The number of methoxy groups -OCH3 is 1. The zero-order valence-corrected chi connectivity index (χ0v) is 13.9. The Morgan fingerprint density at radius 1 is 1.27 bits per heavy atom. The van der Waals surface area contributed by atoms with Gasteiger partial charge in [-0.2, -0.15) is 0 Å². The van der Waals surface area contributed by atoms with E-state index in [0.29, 0.717) is 18.0 Å². The van der Waals surface area contributed by atoms with Crippen LogP contribution < -0.4 is 0 Å². The normalized spacial score (nSPS) is 31.2. The van der Waals surface area contributed by atoms with E-state index in [-0.39, 0.29) is 11.9 Å². The Hall–Kier alpha value is -1.35. The van der Waals surface area contributed by atoms with Crippen molar-refractivity contribution in [1.82, 2.24) is 4.90 Å². The molecule has 0 spiro atoms. The van der Waals surface area contributed by atoms with Gasteiger partial charge in [0.1, 0.15) is 0 Å². The summed E-state index contributed by atoms with van der Waals surface area (Å²) in [4.78, 5) is 14.8. The lowest BCUT2D eigenvalue weighted by Crippen LogP contribution is -2.49. The fourth-order valence-corrected chi connectivity index (χ4v) is 4.49. The number of esters is 1. The lowest BCUT2D eigenvalue weighted by molar-refractivity contribution is -0.150. The number of fused-ring (bicyclic) bond motifs is 2. The van der Waals surface area contributed by atoms with Gasteiger partial charge < -0.3 is 4.74 Å². The maximum atomic E-state index is 12.4. The number of piperidine rings is 1. The zero-order valence-electron chi connectivity index (χ0n) is 13.9. The van der Waals surface area contributed by atoms with Gasteiger partial charge in [-0.25, -0.2) is 0 Å². The highest BCUT2D eigenvalue weighted by Crippen LogP contribution is 2.46. The first kappa shape index (κ1) is 15.5. The Labute approximate surface area is 133 Å². The van der Waals surface area contributed by atoms with Crippen molar-refractivity contribution >= 4 is 5.97 Å². The fraction of sp³-hybridized carbons (Fsp3) is 0.632. The summed E-state index contributed by atoms with van der Waals surface area (Å²) in [5, 5.41) is 0. The average molecular weight is 301 g/mol. The number of hydrogen-bond donors (Lipinski definition) is 0. The Bertz CT molecular complexity index is 525. The molecule has 3 nitrogen and oxygen atoms in total. The summed E-state index contributed by atoms with van der Waals surface area (Å²) in [6.45, 7) is 2.20. The van der Waals surface area contributed by atoms with E-state index in [1.165, 1.54) is 31.1 Å². The highest BCUT2D eigenvalue weighted by Gasteiger charge is 2.49. The van der Waals surface area contributed by atoms with Crippen LogP contribution in [0.5, 0.6) is 0 Å². The Morgan fingerprint density at radius 2 is 2.00 bits per heavy atom. The largest absolute Gasteiger partial charge is 0.469 e. The molecule has 2 saturated heterocycles. The number of hydrogen-bond acceptors (Lipinski definition) is 3. The predicted octanol–water partition coefficient (Wildman–Crippen LogP) is 3.38. The van der Waals surface area contributed by atoms with Gasteiger partial charge in [0.2, 0.25) is 0 Å². The quantitative estimate of drug-likeness (QED) is 0.799. The number of nitrogens with zero attached hydrogens (tertiary/aromatic N) is 1. The van der Waals surface area contributed by atoms with Crippen molar-refractivity contribution < 1.29 is 9.53 Å². The van der Waals surface area contributed by atoms with E-state index in [0.717, 1.165) is 19.3 Å². The molecule has 0 amide bonds. The van der Waals surface area contributed by atoms with Crippen molar-refractivity contribution in [2.45, 2.75) is 57.0 Å². The van der Waals surface area contributed by atoms with Crippen molar-refractivity contribution in [3.8, 4) is 0 Å². The van der Waals surface area contributed by atoms with E-state index in [1.54, 1.807) is 0 Å². The maximum Gasteiger partial charge on any atom is 0.310 e. The van der Waals surface area contributed by atoms with Gasteiger partial charge in [-0.05, 0) is 43.9 Å². The molecule has 0 aliphatic carbocycles. The van der Waals surface area contributed by atoms with Crippen LogP contribution in [0.2, 0.25) is 0 Å². The third-order valence-electron chi connectivity index (χ3n) is 5.69. The van der Waals surface area contributed by atoms with Crippen LogP contribution in [0.15, 0.2) is 24.3 Å². The van der Waals surface area contributed by atoms with Crippen LogP contribution in [0.4, 0.5) is 0 Å². The first-order chi connectivity index (χ1) is 10.7. The summed E-state index contributed by atoms with van der Waals surface area (Å²) in [6.07, 6.45) is 5.69. The molecule has 3 rings (SSSR count). The molecule has 3 heteroatoms. The molecule has 22 heavy (non-hydrogen) atoms. The lowest BCUT2D eigenvalue weighted by atomic mass is 9.76. The van der Waals surface area contributed by atoms with Crippen molar-refractivity contribution in [3.05, 3.63) is 35.4 Å². The second kappa shape index (κ2) is 6.41. The Kier molecular flexibility index (Phi) is 4.53. The van der Waals surface area contributed by atoms with Crippen LogP contribution in [-0.2, 0) is 16.0 Å². The molecule has 2 aliphatic rings. The number of aryl methyl sites for hydroxylation is 1. The smallest absolute Gasteiger partial charge is 0.310 e. The minimum Gasteiger partial charge on any atom is -0.469 e. The third-order valence-corrected chi connectivity index (χ3v) is 5.69. The van der Waals surface area contributed by atoms with Gasteiger partial charge in [0.15, 0.2) is 0 Å². The van der Waals surface area contributed by atoms with E-state index in [1.807, 2.05) is 0 Å². The van der Waals surface area contributed by atoms with Gasteiger partial charge in [-0.1, -0.05) is 37.6 Å². The minimum absolute atomic E-state index is 0.0224. The summed E-state index contributed by atoms with van der Waals surface area (Å²) >= 11 is 0. The van der Waals surface area contributed by atoms with Gasteiger partial charge in [-0.15, -0.1) is 0 Å². The molecule has 1 aromatic carbocycles. The van der Waals surface area contributed by atoms with E-state index >= 15 is 0 Å². The van der Waals surface area contributed by atoms with Crippen molar-refractivity contribution in [2.24, 2.45) is 5.92 Å². The van der Waals surface area contributed by atoms with Crippen molar-refractivity contribution in [1.29, 1.82) is 0 Å². The van der Waals surface area contributed by atoms with Crippen LogP contribution in [-0.4, -0.2) is 37.1 Å². The zero-order chi connectivity index (χ0) is 15.7. The lowest BCUT2D eigenvalue weighted by Gasteiger charge is -2.41. The maximum absolute atomic E-state index is 12.4. The van der Waals surface area contributed by atoms with E-state index in [4.69, 9.17) is 4.74 Å². The fourth-order valence-electron chi connectivity index (χ4n) is 4.49. The van der Waals surface area contributed by atoms with Crippen LogP contribution >= 0.6 is 0 Å². The molecule has 2 unspecified atom stereocenters. The van der Waals surface area contributed by atoms with Gasteiger partial charge in [0.25, 0.3) is 0 Å². The number of rotatable bonds is 4. The molecule has 0 radical (unpaired) electrons. The molecule has 120 valence electrons. The van der Waals surface area contributed by atoms with Gasteiger partial charge in [0, 0.05) is 18.0 Å². The summed E-state index contributed by atoms with van der Waals surface area (Å²) in [5.74, 6) is 0.238. The molecule has 0 saturated carbocycles. The second-order valence-corrected chi connectivity index (χ2v) is 6.85. The van der Waals surface area contributed by atoms with E-state index < -0.39 is 0 Å². The molecule has 0 N–H and O–H groups in total. The van der Waals surface area contributed by atoms with Crippen molar-refractivity contribution in [2.75, 3.05) is 14.2 Å². The standard InChI is InChI=1S/C19H27NO2/c1-4-5-13-6-8-14(9-7-13)16-12-15-10-11-17(20(15)2)18(16)19(21)22-3/h6-9,15-18H,4-5,10-12H2,1-3H3/t15?,16-,17-,18?/m1/s1. The first-order valence-corrected chi connectivity index (χ1v) is 8.54. The summed E-state index contributed by atoms with van der Waals surface area (Å²) in [6, 6.07) is 9.88.